The molecule has 0 unspecified atom stereocenters. The monoisotopic (exact) mass is 542 g/mol. The number of benzene rings is 2. The molecule has 0 fully saturated rings. The smallest absolute Gasteiger partial charge is 0.329 e. The van der Waals surface area contributed by atoms with Gasteiger partial charge in [0, 0.05) is 6.42 Å². The van der Waals surface area contributed by atoms with E-state index < -0.39 is 51.8 Å². The molecule has 2 aromatic rings. The van der Waals surface area contributed by atoms with Crippen molar-refractivity contribution in [3.63, 3.8) is 0 Å². The molecule has 204 valence electrons. The van der Waals surface area contributed by atoms with Gasteiger partial charge in [-0.05, 0) is 30.5 Å². The molecule has 38 heavy (non-hydrogen) atoms. The van der Waals surface area contributed by atoms with Crippen molar-refractivity contribution in [3.8, 4) is 0 Å². The van der Waals surface area contributed by atoms with E-state index in [1.807, 2.05) is 37.3 Å². The van der Waals surface area contributed by atoms with Crippen molar-refractivity contribution in [2.24, 2.45) is 11.8 Å². The number of aryl methyl sites for hydroxylation is 1. The SMILES string of the molecule is Cc1ccc(S(=O)(=O)N[C@@H]2COC(=O)[C@H](Cc3ccccc3)NC(=O)[C@@H](C)COC(=O)C/C=C/[C@H]2C)cc1. The number of amides is 1. The molecule has 1 amide bonds. The van der Waals surface area contributed by atoms with Crippen LogP contribution < -0.4 is 10.0 Å². The second-order valence-electron chi connectivity index (χ2n) is 9.50. The molecular weight excluding hydrogens is 508 g/mol. The van der Waals surface area contributed by atoms with Crippen LogP contribution in [-0.4, -0.2) is 51.6 Å². The molecule has 0 aromatic heterocycles. The van der Waals surface area contributed by atoms with Crippen LogP contribution in [0, 0.1) is 18.8 Å². The molecule has 0 aliphatic carbocycles. The maximum atomic E-state index is 13.2. The number of carbonyl (C=O) groups is 3. The van der Waals surface area contributed by atoms with E-state index in [0.29, 0.717) is 0 Å². The van der Waals surface area contributed by atoms with Gasteiger partial charge in [-0.25, -0.2) is 17.9 Å². The highest BCUT2D eigenvalue weighted by Crippen LogP contribution is 2.16. The molecule has 1 aliphatic heterocycles. The average Bonchev–Trinajstić information content (AvgIpc) is 2.89. The molecule has 2 N–H and O–H groups in total. The van der Waals surface area contributed by atoms with Crippen molar-refractivity contribution < 1.29 is 32.3 Å². The summed E-state index contributed by atoms with van der Waals surface area (Å²) < 4.78 is 39.6. The Bertz CT molecular complexity index is 1240. The van der Waals surface area contributed by atoms with Crippen LogP contribution in [0.2, 0.25) is 0 Å². The number of hydrogen-bond acceptors (Lipinski definition) is 7. The van der Waals surface area contributed by atoms with E-state index in [9.17, 15) is 22.8 Å². The lowest BCUT2D eigenvalue weighted by Gasteiger charge is -2.25. The van der Waals surface area contributed by atoms with Crippen LogP contribution in [0.1, 0.15) is 31.4 Å². The van der Waals surface area contributed by atoms with Crippen LogP contribution in [0.4, 0.5) is 0 Å². The summed E-state index contributed by atoms with van der Waals surface area (Å²) in [4.78, 5) is 38.2. The van der Waals surface area contributed by atoms with E-state index >= 15 is 0 Å². The summed E-state index contributed by atoms with van der Waals surface area (Å²) in [6, 6.07) is 13.7. The third-order valence-corrected chi connectivity index (χ3v) is 7.73. The molecule has 0 saturated carbocycles. The van der Waals surface area contributed by atoms with E-state index in [2.05, 4.69) is 10.0 Å². The maximum Gasteiger partial charge on any atom is 0.329 e. The second kappa shape index (κ2) is 13.3. The Labute approximate surface area is 223 Å². The zero-order chi connectivity index (χ0) is 27.7. The fourth-order valence-corrected chi connectivity index (χ4v) is 5.08. The van der Waals surface area contributed by atoms with Gasteiger partial charge in [-0.1, -0.05) is 74.0 Å². The first kappa shape index (κ1) is 29.1. The maximum absolute atomic E-state index is 13.2. The highest BCUT2D eigenvalue weighted by molar-refractivity contribution is 7.89. The molecule has 4 atom stereocenters. The molecule has 1 aliphatic rings. The summed E-state index contributed by atoms with van der Waals surface area (Å²) in [6.45, 7) is 4.78. The van der Waals surface area contributed by atoms with Gasteiger partial charge in [0.25, 0.3) is 0 Å². The summed E-state index contributed by atoms with van der Waals surface area (Å²) in [5.74, 6) is -2.81. The van der Waals surface area contributed by atoms with Crippen LogP contribution in [0.3, 0.4) is 0 Å². The highest BCUT2D eigenvalue weighted by atomic mass is 32.2. The first-order valence-corrected chi connectivity index (χ1v) is 14.0. The number of sulfonamides is 1. The zero-order valence-electron chi connectivity index (χ0n) is 21.8. The van der Waals surface area contributed by atoms with Crippen LogP contribution >= 0.6 is 0 Å². The van der Waals surface area contributed by atoms with Crippen molar-refractivity contribution in [2.45, 2.75) is 50.6 Å². The van der Waals surface area contributed by atoms with E-state index in [-0.39, 0.29) is 31.0 Å². The normalized spacial score (nSPS) is 24.8. The molecule has 1 heterocycles. The summed E-state index contributed by atoms with van der Waals surface area (Å²) in [6.07, 6.45) is 3.37. The van der Waals surface area contributed by atoms with Gasteiger partial charge in [0.2, 0.25) is 15.9 Å². The molecule has 0 radical (unpaired) electrons. The van der Waals surface area contributed by atoms with E-state index in [1.54, 1.807) is 38.1 Å². The second-order valence-corrected chi connectivity index (χ2v) is 11.2. The number of esters is 2. The minimum absolute atomic E-state index is 0.0491. The first-order chi connectivity index (χ1) is 18.0. The van der Waals surface area contributed by atoms with Crippen molar-refractivity contribution >= 4 is 27.9 Å². The predicted octanol–water partition coefficient (Wildman–Crippen LogP) is 2.69. The first-order valence-electron chi connectivity index (χ1n) is 12.5. The Morgan fingerprint density at radius 3 is 2.32 bits per heavy atom. The number of rotatable bonds is 5. The fraction of sp³-hybridized carbons (Fsp3) is 0.393. The Balaban J connectivity index is 1.87. The zero-order valence-corrected chi connectivity index (χ0v) is 22.6. The molecule has 9 nitrogen and oxygen atoms in total. The van der Waals surface area contributed by atoms with Crippen molar-refractivity contribution in [2.75, 3.05) is 13.2 Å². The molecular formula is C28H34N2O7S. The lowest BCUT2D eigenvalue weighted by atomic mass is 10.0. The Hall–Kier alpha value is -3.50. The van der Waals surface area contributed by atoms with Gasteiger partial charge < -0.3 is 14.8 Å². The van der Waals surface area contributed by atoms with Gasteiger partial charge in [-0.3, -0.25) is 9.59 Å². The van der Waals surface area contributed by atoms with Gasteiger partial charge in [-0.15, -0.1) is 0 Å². The molecule has 2 aromatic carbocycles. The highest BCUT2D eigenvalue weighted by Gasteiger charge is 2.29. The summed E-state index contributed by atoms with van der Waals surface area (Å²) in [5, 5.41) is 2.70. The van der Waals surface area contributed by atoms with E-state index in [0.717, 1.165) is 11.1 Å². The molecule has 0 saturated heterocycles. The molecule has 10 heteroatoms. The van der Waals surface area contributed by atoms with Gasteiger partial charge in [0.05, 0.1) is 23.3 Å². The third-order valence-electron chi connectivity index (χ3n) is 6.23. The van der Waals surface area contributed by atoms with Crippen LogP contribution in [0.5, 0.6) is 0 Å². The number of carbonyl (C=O) groups excluding carboxylic acids is 3. The summed E-state index contributed by atoms with van der Waals surface area (Å²) in [5.41, 5.74) is 1.72. The van der Waals surface area contributed by atoms with Crippen LogP contribution in [-0.2, 0) is 40.3 Å². The summed E-state index contributed by atoms with van der Waals surface area (Å²) >= 11 is 0. The Morgan fingerprint density at radius 2 is 1.63 bits per heavy atom. The standard InChI is InChI=1S/C28H34N2O7S/c1-19-12-14-23(15-13-19)38(34,35)30-25-18-37-28(33)24(16-22-9-5-4-6-10-22)29-27(32)21(3)17-36-26(31)11-7-8-20(25)2/h4-10,12-15,20-21,24-25,30H,11,16-18H2,1-3H3,(H,29,32)/b8-7+/t20-,21+,24+,25-/m1/s1. The van der Waals surface area contributed by atoms with Gasteiger partial charge in [-0.2, -0.15) is 0 Å². The van der Waals surface area contributed by atoms with Gasteiger partial charge >= 0.3 is 11.9 Å². The largest absolute Gasteiger partial charge is 0.465 e. The Morgan fingerprint density at radius 1 is 0.947 bits per heavy atom. The van der Waals surface area contributed by atoms with Gasteiger partial charge in [0.1, 0.15) is 19.3 Å². The fourth-order valence-electron chi connectivity index (χ4n) is 3.77. The topological polar surface area (TPSA) is 128 Å². The van der Waals surface area contributed by atoms with Gasteiger partial charge in [0.15, 0.2) is 0 Å². The van der Waals surface area contributed by atoms with E-state index in [1.165, 1.54) is 12.1 Å². The lowest BCUT2D eigenvalue weighted by molar-refractivity contribution is -0.150. The number of hydrogen-bond donors (Lipinski definition) is 2. The average molecular weight is 543 g/mol. The molecule has 0 spiro atoms. The van der Waals surface area contributed by atoms with Crippen molar-refractivity contribution in [1.29, 1.82) is 0 Å². The minimum Gasteiger partial charge on any atom is -0.465 e. The van der Waals surface area contributed by atoms with Crippen LogP contribution in [0.25, 0.3) is 0 Å². The lowest BCUT2D eigenvalue weighted by Crippen LogP contribution is -2.48. The Kier molecular flexibility index (Phi) is 10.2. The number of ether oxygens (including phenoxy) is 2. The number of cyclic esters (lactones) is 2. The van der Waals surface area contributed by atoms with Crippen LogP contribution in [0.15, 0.2) is 71.6 Å². The number of nitrogens with one attached hydrogen (secondary N) is 2. The van der Waals surface area contributed by atoms with E-state index in [4.69, 9.17) is 9.47 Å². The quantitative estimate of drug-likeness (QED) is 0.439. The summed E-state index contributed by atoms with van der Waals surface area (Å²) in [7, 11) is -3.94. The molecule has 3 rings (SSSR count). The third kappa shape index (κ3) is 8.53. The molecule has 0 bridgehead atoms. The van der Waals surface area contributed by atoms with Crippen molar-refractivity contribution in [3.05, 3.63) is 77.9 Å². The minimum atomic E-state index is -3.94. The van der Waals surface area contributed by atoms with Crippen molar-refractivity contribution in [1.82, 2.24) is 10.0 Å². The predicted molar refractivity (Wildman–Crippen MR) is 141 cm³/mol.